The molecule has 0 atom stereocenters. The highest BCUT2D eigenvalue weighted by Crippen LogP contribution is 2.09. The van der Waals surface area contributed by atoms with Crippen molar-refractivity contribution < 1.29 is 18.7 Å². The van der Waals surface area contributed by atoms with E-state index in [0.717, 1.165) is 0 Å². The highest BCUT2D eigenvalue weighted by Gasteiger charge is 2.22. The van der Waals surface area contributed by atoms with E-state index < -0.39 is 0 Å². The summed E-state index contributed by atoms with van der Waals surface area (Å²) < 4.78 is 17.8. The molecule has 0 N–H and O–H groups in total. The minimum Gasteiger partial charge on any atom is -0.453 e. The third kappa shape index (κ3) is 4.18. The summed E-state index contributed by atoms with van der Waals surface area (Å²) in [5, 5.41) is 0. The fourth-order valence-corrected chi connectivity index (χ4v) is 2.41. The van der Waals surface area contributed by atoms with Crippen molar-refractivity contribution in [3.63, 3.8) is 0 Å². The summed E-state index contributed by atoms with van der Waals surface area (Å²) in [5.41, 5.74) is 0.661. The summed E-state index contributed by atoms with van der Waals surface area (Å²) in [6.07, 6.45) is 0.523. The third-order valence-corrected chi connectivity index (χ3v) is 3.53. The Morgan fingerprint density at radius 1 is 1.19 bits per heavy atom. The Hall–Kier alpha value is -2.11. The molecule has 0 radical (unpaired) electrons. The van der Waals surface area contributed by atoms with Gasteiger partial charge < -0.3 is 14.5 Å². The van der Waals surface area contributed by atoms with Gasteiger partial charge in [-0.15, -0.1) is 0 Å². The van der Waals surface area contributed by atoms with E-state index in [-0.39, 0.29) is 24.2 Å². The van der Waals surface area contributed by atoms with Gasteiger partial charge in [0, 0.05) is 26.2 Å². The summed E-state index contributed by atoms with van der Waals surface area (Å²) in [6.45, 7) is 2.11. The molecule has 0 bridgehead atoms. The van der Waals surface area contributed by atoms with Crippen LogP contribution in [0.5, 0.6) is 0 Å². The molecule has 114 valence electrons. The van der Waals surface area contributed by atoms with Crippen LogP contribution in [0.1, 0.15) is 12.0 Å². The molecule has 6 heteroatoms. The molecule has 5 nitrogen and oxygen atoms in total. The summed E-state index contributed by atoms with van der Waals surface area (Å²) >= 11 is 0. The molecule has 1 aromatic carbocycles. The number of halogens is 1. The number of hydrogen-bond donors (Lipinski definition) is 0. The highest BCUT2D eigenvalue weighted by molar-refractivity contribution is 5.79. The normalized spacial score (nSPS) is 15.5. The van der Waals surface area contributed by atoms with Crippen LogP contribution < -0.4 is 0 Å². The van der Waals surface area contributed by atoms with Gasteiger partial charge in [0.25, 0.3) is 0 Å². The molecule has 0 aliphatic carbocycles. The van der Waals surface area contributed by atoms with Crippen molar-refractivity contribution in [2.75, 3.05) is 33.3 Å². The predicted molar refractivity (Wildman–Crippen MR) is 75.3 cm³/mol. The van der Waals surface area contributed by atoms with Crippen molar-refractivity contribution in [2.45, 2.75) is 12.8 Å². The molecule has 21 heavy (non-hydrogen) atoms. The van der Waals surface area contributed by atoms with Gasteiger partial charge in [0.2, 0.25) is 5.91 Å². The fourth-order valence-electron chi connectivity index (χ4n) is 2.41. The fraction of sp³-hybridized carbons (Fsp3) is 0.467. The standard InChI is InChI=1S/C15H19FN2O3/c1-21-15(20)18-7-3-6-17(8-9-18)14(19)11-12-4-2-5-13(16)10-12/h2,4-5,10H,3,6-9,11H2,1H3. The molecular weight excluding hydrogens is 275 g/mol. The van der Waals surface area contributed by atoms with E-state index in [9.17, 15) is 14.0 Å². The average Bonchev–Trinajstić information content (AvgIpc) is 2.72. The second-order valence-electron chi connectivity index (χ2n) is 5.00. The lowest BCUT2D eigenvalue weighted by Gasteiger charge is -2.21. The lowest BCUT2D eigenvalue weighted by Crippen LogP contribution is -2.37. The van der Waals surface area contributed by atoms with Gasteiger partial charge >= 0.3 is 6.09 Å². The minimum atomic E-state index is -0.366. The molecule has 0 saturated carbocycles. The van der Waals surface area contributed by atoms with Crippen molar-refractivity contribution in [3.05, 3.63) is 35.6 Å². The largest absolute Gasteiger partial charge is 0.453 e. The Balaban J connectivity index is 1.92. The zero-order valence-corrected chi connectivity index (χ0v) is 12.0. The lowest BCUT2D eigenvalue weighted by atomic mass is 10.1. The summed E-state index contributed by atoms with van der Waals surface area (Å²) in [6, 6.07) is 6.06. The second-order valence-corrected chi connectivity index (χ2v) is 5.00. The van der Waals surface area contributed by atoms with Crippen molar-refractivity contribution >= 4 is 12.0 Å². The molecule has 1 saturated heterocycles. The molecule has 0 unspecified atom stereocenters. The quantitative estimate of drug-likeness (QED) is 0.833. The molecule has 1 heterocycles. The van der Waals surface area contributed by atoms with Gasteiger partial charge in [0.05, 0.1) is 13.5 Å². The minimum absolute atomic E-state index is 0.0488. The van der Waals surface area contributed by atoms with Crippen LogP contribution in [0.3, 0.4) is 0 Å². The van der Waals surface area contributed by atoms with Crippen LogP contribution in [-0.4, -0.2) is 55.1 Å². The molecule has 0 spiro atoms. The smallest absolute Gasteiger partial charge is 0.409 e. The maximum absolute atomic E-state index is 13.1. The maximum Gasteiger partial charge on any atom is 0.409 e. The van der Waals surface area contributed by atoms with Crippen LogP contribution in [0.2, 0.25) is 0 Å². The molecule has 1 fully saturated rings. The number of methoxy groups -OCH3 is 1. The molecule has 2 rings (SSSR count). The number of benzene rings is 1. The molecule has 0 aromatic heterocycles. The number of ether oxygens (including phenoxy) is 1. The highest BCUT2D eigenvalue weighted by atomic mass is 19.1. The number of amides is 2. The number of carbonyl (C=O) groups is 2. The van der Waals surface area contributed by atoms with Crippen LogP contribution in [0.4, 0.5) is 9.18 Å². The summed E-state index contributed by atoms with van der Waals surface area (Å²) in [4.78, 5) is 27.0. The molecule has 1 aliphatic rings. The first-order valence-electron chi connectivity index (χ1n) is 6.95. The van der Waals surface area contributed by atoms with E-state index in [4.69, 9.17) is 4.74 Å². The molecule has 1 aliphatic heterocycles. The molecule has 2 amide bonds. The van der Waals surface area contributed by atoms with Crippen LogP contribution in [0, 0.1) is 5.82 Å². The van der Waals surface area contributed by atoms with E-state index >= 15 is 0 Å². The van der Waals surface area contributed by atoms with E-state index in [1.54, 1.807) is 21.9 Å². The topological polar surface area (TPSA) is 49.9 Å². The van der Waals surface area contributed by atoms with Gasteiger partial charge in [-0.25, -0.2) is 9.18 Å². The summed E-state index contributed by atoms with van der Waals surface area (Å²) in [5.74, 6) is -0.389. The average molecular weight is 294 g/mol. The number of rotatable bonds is 2. The van der Waals surface area contributed by atoms with E-state index in [2.05, 4.69) is 0 Å². The van der Waals surface area contributed by atoms with Crippen molar-refractivity contribution in [1.82, 2.24) is 9.80 Å². The molecule has 1 aromatic rings. The van der Waals surface area contributed by atoms with Gasteiger partial charge in [-0.1, -0.05) is 12.1 Å². The van der Waals surface area contributed by atoms with Gasteiger partial charge in [0.15, 0.2) is 0 Å². The van der Waals surface area contributed by atoms with Gasteiger partial charge in [0.1, 0.15) is 5.82 Å². The van der Waals surface area contributed by atoms with E-state index in [0.29, 0.717) is 38.2 Å². The Morgan fingerprint density at radius 2 is 1.90 bits per heavy atom. The van der Waals surface area contributed by atoms with E-state index in [1.807, 2.05) is 0 Å². The second kappa shape index (κ2) is 7.06. The van der Waals surface area contributed by atoms with Crippen LogP contribution in [-0.2, 0) is 16.0 Å². The Bertz CT molecular complexity index is 521. The Labute approximate surface area is 123 Å². The van der Waals surface area contributed by atoms with Crippen LogP contribution in [0.15, 0.2) is 24.3 Å². The Morgan fingerprint density at radius 3 is 2.62 bits per heavy atom. The zero-order valence-electron chi connectivity index (χ0n) is 12.0. The first kappa shape index (κ1) is 15.3. The first-order valence-corrected chi connectivity index (χ1v) is 6.95. The summed E-state index contributed by atoms with van der Waals surface area (Å²) in [7, 11) is 1.35. The zero-order chi connectivity index (χ0) is 15.2. The van der Waals surface area contributed by atoms with Crippen LogP contribution >= 0.6 is 0 Å². The molecular formula is C15H19FN2O3. The monoisotopic (exact) mass is 294 g/mol. The number of nitrogens with zero attached hydrogens (tertiary/aromatic N) is 2. The SMILES string of the molecule is COC(=O)N1CCCN(C(=O)Cc2cccc(F)c2)CC1. The lowest BCUT2D eigenvalue weighted by molar-refractivity contribution is -0.130. The first-order chi connectivity index (χ1) is 10.1. The maximum atomic E-state index is 13.1. The third-order valence-electron chi connectivity index (χ3n) is 3.53. The number of carbonyl (C=O) groups excluding carboxylic acids is 2. The van der Waals surface area contributed by atoms with Gasteiger partial charge in [-0.05, 0) is 24.1 Å². The van der Waals surface area contributed by atoms with Crippen molar-refractivity contribution in [2.24, 2.45) is 0 Å². The van der Waals surface area contributed by atoms with Gasteiger partial charge in [-0.2, -0.15) is 0 Å². The van der Waals surface area contributed by atoms with Crippen molar-refractivity contribution in [3.8, 4) is 0 Å². The Kier molecular flexibility index (Phi) is 5.14. The predicted octanol–water partition coefficient (Wildman–Crippen LogP) is 1.67. The van der Waals surface area contributed by atoms with E-state index in [1.165, 1.54) is 19.2 Å². The van der Waals surface area contributed by atoms with Crippen LogP contribution in [0.25, 0.3) is 0 Å². The number of hydrogen-bond acceptors (Lipinski definition) is 3. The van der Waals surface area contributed by atoms with Crippen molar-refractivity contribution in [1.29, 1.82) is 0 Å². The van der Waals surface area contributed by atoms with Gasteiger partial charge in [-0.3, -0.25) is 4.79 Å².